The minimum Gasteiger partial charge on any atom is -0.489 e. The highest BCUT2D eigenvalue weighted by molar-refractivity contribution is 5.69. The van der Waals surface area contributed by atoms with Crippen LogP contribution in [0.15, 0.2) is 72.9 Å². The van der Waals surface area contributed by atoms with Crippen LogP contribution in [0.5, 0.6) is 5.75 Å². The second-order valence-electron chi connectivity index (χ2n) is 7.70. The molecule has 0 spiro atoms. The Bertz CT molecular complexity index is 1290. The van der Waals surface area contributed by atoms with Crippen LogP contribution in [0.4, 0.5) is 26.3 Å². The fourth-order valence-electron chi connectivity index (χ4n) is 3.45. The van der Waals surface area contributed by atoms with Gasteiger partial charge in [0.15, 0.2) is 0 Å². The quantitative estimate of drug-likeness (QED) is 0.300. The molecule has 0 amide bonds. The number of aromatic nitrogens is 2. The molecule has 0 unspecified atom stereocenters. The van der Waals surface area contributed by atoms with Gasteiger partial charge < -0.3 is 9.72 Å². The normalized spacial score (nSPS) is 12.1. The zero-order valence-corrected chi connectivity index (χ0v) is 17.8. The third-order valence-electron chi connectivity index (χ3n) is 5.14. The van der Waals surface area contributed by atoms with Crippen LogP contribution in [0.25, 0.3) is 22.5 Å². The molecule has 0 fully saturated rings. The average molecular weight is 476 g/mol. The number of aryl methyl sites for hydroxylation is 1. The molecule has 0 atom stereocenters. The standard InChI is InChI=1S/C25H18F6N2O/c1-15-3-2-4-18(11-15)20-10-9-19(12-21(20)24(26,27)28)34-14-16-5-7-17(8-6-16)23-32-13-22(33-23)25(29,30)31/h2-13H,14H2,1H3,(H,32,33). The molecular formula is C25H18F6N2O. The SMILES string of the molecule is Cc1cccc(-c2ccc(OCc3ccc(-c4ncc(C(F)(F)F)[nH]4)cc3)cc2C(F)(F)F)c1. The first-order chi connectivity index (χ1) is 16.0. The van der Waals surface area contributed by atoms with Crippen molar-refractivity contribution in [3.8, 4) is 28.3 Å². The summed E-state index contributed by atoms with van der Waals surface area (Å²) in [5.74, 6) is 0.106. The summed E-state index contributed by atoms with van der Waals surface area (Å²) in [5.41, 5.74) is 0.668. The van der Waals surface area contributed by atoms with Gasteiger partial charge in [-0.3, -0.25) is 0 Å². The topological polar surface area (TPSA) is 37.9 Å². The Kier molecular flexibility index (Phi) is 6.12. The van der Waals surface area contributed by atoms with Crippen LogP contribution in [-0.4, -0.2) is 9.97 Å². The Balaban J connectivity index is 1.51. The number of nitrogens with zero attached hydrogens (tertiary/aromatic N) is 1. The van der Waals surface area contributed by atoms with E-state index in [-0.39, 0.29) is 23.7 Å². The fourth-order valence-corrected chi connectivity index (χ4v) is 3.45. The number of nitrogens with one attached hydrogen (secondary N) is 1. The lowest BCUT2D eigenvalue weighted by Crippen LogP contribution is -2.08. The highest BCUT2D eigenvalue weighted by atomic mass is 19.4. The summed E-state index contributed by atoms with van der Waals surface area (Å²) in [7, 11) is 0. The van der Waals surface area contributed by atoms with E-state index in [4.69, 9.17) is 4.74 Å². The predicted molar refractivity (Wildman–Crippen MR) is 115 cm³/mol. The molecule has 0 saturated carbocycles. The molecule has 3 aromatic carbocycles. The first-order valence-corrected chi connectivity index (χ1v) is 10.1. The average Bonchev–Trinajstić information content (AvgIpc) is 3.28. The second kappa shape index (κ2) is 8.89. The van der Waals surface area contributed by atoms with Crippen LogP contribution in [0.2, 0.25) is 0 Å². The Labute approximate surface area is 191 Å². The molecule has 0 bridgehead atoms. The van der Waals surface area contributed by atoms with Crippen LogP contribution in [0, 0.1) is 6.92 Å². The van der Waals surface area contributed by atoms with Crippen LogP contribution < -0.4 is 4.74 Å². The zero-order valence-electron chi connectivity index (χ0n) is 17.8. The van der Waals surface area contributed by atoms with Gasteiger partial charge in [0, 0.05) is 5.56 Å². The van der Waals surface area contributed by atoms with E-state index in [1.807, 2.05) is 0 Å². The summed E-state index contributed by atoms with van der Waals surface area (Å²) in [5, 5.41) is 0. The van der Waals surface area contributed by atoms with Gasteiger partial charge in [0.2, 0.25) is 0 Å². The summed E-state index contributed by atoms with van der Waals surface area (Å²) >= 11 is 0. The first-order valence-electron chi connectivity index (χ1n) is 10.1. The van der Waals surface area contributed by atoms with Crippen LogP contribution >= 0.6 is 0 Å². The number of aromatic amines is 1. The van der Waals surface area contributed by atoms with Gasteiger partial charge in [0.1, 0.15) is 23.9 Å². The van der Waals surface area contributed by atoms with Gasteiger partial charge in [-0.2, -0.15) is 26.3 Å². The van der Waals surface area contributed by atoms with Crippen molar-refractivity contribution < 1.29 is 31.1 Å². The lowest BCUT2D eigenvalue weighted by molar-refractivity contribution is -0.141. The van der Waals surface area contributed by atoms with E-state index in [9.17, 15) is 26.3 Å². The summed E-state index contributed by atoms with van der Waals surface area (Å²) < 4.78 is 84.9. The van der Waals surface area contributed by atoms with Crippen molar-refractivity contribution in [3.05, 3.63) is 95.3 Å². The van der Waals surface area contributed by atoms with Gasteiger partial charge in [-0.05, 0) is 35.7 Å². The number of hydrogen-bond acceptors (Lipinski definition) is 2. The molecule has 0 radical (unpaired) electrons. The van der Waals surface area contributed by atoms with Crippen molar-refractivity contribution >= 4 is 0 Å². The maximum absolute atomic E-state index is 13.7. The van der Waals surface area contributed by atoms with Gasteiger partial charge in [0.05, 0.1) is 11.8 Å². The molecule has 0 aliphatic rings. The highest BCUT2D eigenvalue weighted by Gasteiger charge is 2.34. The first kappa shape index (κ1) is 23.4. The summed E-state index contributed by atoms with van der Waals surface area (Å²) in [6, 6.07) is 17.0. The number of ether oxygens (including phenoxy) is 1. The number of alkyl halides is 6. The van der Waals surface area contributed by atoms with E-state index in [1.165, 1.54) is 12.1 Å². The summed E-state index contributed by atoms with van der Waals surface area (Å²) in [6.45, 7) is 1.79. The number of benzene rings is 3. The molecule has 4 aromatic rings. The van der Waals surface area contributed by atoms with Gasteiger partial charge in [-0.1, -0.05) is 60.2 Å². The predicted octanol–water partition coefficient (Wildman–Crippen LogP) is 7.67. The van der Waals surface area contributed by atoms with Gasteiger partial charge >= 0.3 is 12.4 Å². The van der Waals surface area contributed by atoms with Crippen LogP contribution in [-0.2, 0) is 19.0 Å². The molecule has 0 aliphatic heterocycles. The molecule has 0 aliphatic carbocycles. The lowest BCUT2D eigenvalue weighted by atomic mass is 9.97. The van der Waals surface area contributed by atoms with Crippen molar-refractivity contribution in [1.82, 2.24) is 9.97 Å². The van der Waals surface area contributed by atoms with Crippen molar-refractivity contribution in [2.45, 2.75) is 25.9 Å². The molecule has 4 rings (SSSR count). The fraction of sp³-hybridized carbons (Fsp3) is 0.160. The highest BCUT2D eigenvalue weighted by Crippen LogP contribution is 2.39. The van der Waals surface area contributed by atoms with E-state index < -0.39 is 23.6 Å². The number of halogens is 6. The molecule has 1 aromatic heterocycles. The molecule has 0 saturated heterocycles. The van der Waals surface area contributed by atoms with E-state index >= 15 is 0 Å². The molecular weight excluding hydrogens is 458 g/mol. The largest absolute Gasteiger partial charge is 0.489 e. The van der Waals surface area contributed by atoms with Crippen LogP contribution in [0.1, 0.15) is 22.4 Å². The Morgan fingerprint density at radius 1 is 0.824 bits per heavy atom. The van der Waals surface area contributed by atoms with Gasteiger partial charge in [-0.15, -0.1) is 0 Å². The third-order valence-corrected chi connectivity index (χ3v) is 5.14. The molecule has 1 N–H and O–H groups in total. The van der Waals surface area contributed by atoms with Crippen molar-refractivity contribution in [3.63, 3.8) is 0 Å². The Hall–Kier alpha value is -3.75. The number of rotatable bonds is 5. The second-order valence-corrected chi connectivity index (χ2v) is 7.70. The zero-order chi connectivity index (χ0) is 24.5. The Morgan fingerprint density at radius 3 is 2.18 bits per heavy atom. The van der Waals surface area contributed by atoms with E-state index in [0.29, 0.717) is 22.9 Å². The van der Waals surface area contributed by atoms with E-state index in [1.54, 1.807) is 55.5 Å². The van der Waals surface area contributed by atoms with Gasteiger partial charge in [0.25, 0.3) is 0 Å². The van der Waals surface area contributed by atoms with Crippen LogP contribution in [0.3, 0.4) is 0 Å². The van der Waals surface area contributed by atoms with E-state index in [2.05, 4.69) is 9.97 Å². The molecule has 3 nitrogen and oxygen atoms in total. The Morgan fingerprint density at radius 2 is 1.56 bits per heavy atom. The number of imidazole rings is 1. The minimum atomic E-state index is -4.57. The third kappa shape index (κ3) is 5.24. The molecule has 34 heavy (non-hydrogen) atoms. The maximum Gasteiger partial charge on any atom is 0.432 e. The summed E-state index contributed by atoms with van der Waals surface area (Å²) in [6.07, 6.45) is -8.38. The molecule has 9 heteroatoms. The number of H-pyrrole nitrogens is 1. The summed E-state index contributed by atoms with van der Waals surface area (Å²) in [4.78, 5) is 5.95. The molecule has 1 heterocycles. The van der Waals surface area contributed by atoms with E-state index in [0.717, 1.165) is 11.6 Å². The van der Waals surface area contributed by atoms with Crippen molar-refractivity contribution in [2.75, 3.05) is 0 Å². The minimum absolute atomic E-state index is 0.0205. The monoisotopic (exact) mass is 476 g/mol. The van der Waals surface area contributed by atoms with Crippen molar-refractivity contribution in [1.29, 1.82) is 0 Å². The molecule has 176 valence electrons. The number of hydrogen-bond donors (Lipinski definition) is 1. The van der Waals surface area contributed by atoms with Crippen molar-refractivity contribution in [2.24, 2.45) is 0 Å². The smallest absolute Gasteiger partial charge is 0.432 e. The maximum atomic E-state index is 13.7. The lowest BCUT2D eigenvalue weighted by Gasteiger charge is -2.16. The van der Waals surface area contributed by atoms with Gasteiger partial charge in [-0.25, -0.2) is 4.98 Å².